The first-order valence-electron chi connectivity index (χ1n) is 3.64. The molecule has 1 heterocycles. The highest BCUT2D eigenvalue weighted by Crippen LogP contribution is 2.21. The minimum absolute atomic E-state index is 0. The first-order chi connectivity index (χ1) is 5.86. The molecule has 0 saturated carbocycles. The topological polar surface area (TPSA) is 48.9 Å². The van der Waals surface area contributed by atoms with Crippen LogP contribution in [0.1, 0.15) is 0 Å². The number of aromatic nitrogens is 2. The van der Waals surface area contributed by atoms with E-state index in [2.05, 4.69) is 10.2 Å². The molecule has 76 valence electrons. The Morgan fingerprint density at radius 3 is 2.50 bits per heavy atom. The van der Waals surface area contributed by atoms with Gasteiger partial charge in [-0.05, 0) is 17.7 Å². The minimum atomic E-state index is 0. The summed E-state index contributed by atoms with van der Waals surface area (Å²) >= 11 is 0. The molecule has 0 bridgehead atoms. The monoisotopic (exact) mass is 232 g/mol. The number of hydrogen-bond donors (Lipinski definition) is 2. The lowest BCUT2D eigenvalue weighted by Crippen LogP contribution is -1.72. The van der Waals surface area contributed by atoms with E-state index in [1.807, 2.05) is 6.07 Å². The van der Waals surface area contributed by atoms with Gasteiger partial charge in [-0.1, -0.05) is 12.1 Å². The molecule has 0 unspecified atom stereocenters. The Balaban J connectivity index is 0.000000845. The Kier molecular flexibility index (Phi) is 5.05. The van der Waals surface area contributed by atoms with Gasteiger partial charge in [0.2, 0.25) is 0 Å². The van der Waals surface area contributed by atoms with Crippen molar-refractivity contribution in [3.63, 3.8) is 0 Å². The number of phenolic OH excluding ortho intramolecular Hbond substituents is 1. The van der Waals surface area contributed by atoms with E-state index in [-0.39, 0.29) is 30.6 Å². The third kappa shape index (κ3) is 2.65. The number of H-pyrrole nitrogens is 1. The van der Waals surface area contributed by atoms with Crippen LogP contribution in [0.2, 0.25) is 0 Å². The fraction of sp³-hybridized carbons (Fsp3) is 0. The number of hydrogen-bond acceptors (Lipinski definition) is 2. The molecule has 0 aliphatic carbocycles. The smallest absolute Gasteiger partial charge is 0.116 e. The number of nitrogens with zero attached hydrogens (tertiary/aromatic N) is 1. The van der Waals surface area contributed by atoms with E-state index in [9.17, 15) is 5.11 Å². The predicted octanol–water partition coefficient (Wildman–Crippen LogP) is 2.63. The molecular formula is C9H10Cl2N2O. The molecule has 0 atom stereocenters. The van der Waals surface area contributed by atoms with Gasteiger partial charge < -0.3 is 5.11 Å². The summed E-state index contributed by atoms with van der Waals surface area (Å²) in [6.07, 6.45) is 3.50. The molecule has 2 aromatic rings. The fourth-order valence-corrected chi connectivity index (χ4v) is 1.09. The van der Waals surface area contributed by atoms with Crippen LogP contribution in [0, 0.1) is 0 Å². The van der Waals surface area contributed by atoms with Gasteiger partial charge in [-0.15, -0.1) is 24.8 Å². The average Bonchev–Trinajstić information content (AvgIpc) is 2.56. The first kappa shape index (κ1) is 12.8. The van der Waals surface area contributed by atoms with Crippen molar-refractivity contribution in [1.29, 1.82) is 0 Å². The van der Waals surface area contributed by atoms with Crippen LogP contribution in [0.25, 0.3) is 11.1 Å². The van der Waals surface area contributed by atoms with Gasteiger partial charge in [0.15, 0.2) is 0 Å². The maximum atomic E-state index is 9.18. The highest BCUT2D eigenvalue weighted by Gasteiger charge is 1.97. The van der Waals surface area contributed by atoms with Crippen LogP contribution in [-0.4, -0.2) is 15.3 Å². The summed E-state index contributed by atoms with van der Waals surface area (Å²) in [7, 11) is 0. The maximum absolute atomic E-state index is 9.18. The van der Waals surface area contributed by atoms with Gasteiger partial charge in [-0.3, -0.25) is 5.10 Å². The molecule has 5 heteroatoms. The van der Waals surface area contributed by atoms with Gasteiger partial charge in [-0.2, -0.15) is 5.10 Å². The molecule has 0 aliphatic rings. The summed E-state index contributed by atoms with van der Waals surface area (Å²) in [4.78, 5) is 0. The molecule has 0 radical (unpaired) electrons. The summed E-state index contributed by atoms with van der Waals surface area (Å²) in [6.45, 7) is 0. The number of halogens is 2. The lowest BCUT2D eigenvalue weighted by molar-refractivity contribution is 0.475. The molecule has 14 heavy (non-hydrogen) atoms. The number of phenols is 1. The van der Waals surface area contributed by atoms with E-state index in [0.29, 0.717) is 0 Å². The second kappa shape index (κ2) is 5.52. The molecule has 0 aliphatic heterocycles. The zero-order chi connectivity index (χ0) is 8.39. The Morgan fingerprint density at radius 2 is 1.93 bits per heavy atom. The van der Waals surface area contributed by atoms with Crippen LogP contribution in [0.5, 0.6) is 5.75 Å². The summed E-state index contributed by atoms with van der Waals surface area (Å²) in [5.41, 5.74) is 1.94. The van der Waals surface area contributed by atoms with Gasteiger partial charge in [0.1, 0.15) is 5.75 Å². The molecule has 3 nitrogen and oxygen atoms in total. The summed E-state index contributed by atoms with van der Waals surface area (Å²) in [5.74, 6) is 0.272. The van der Waals surface area contributed by atoms with Crippen LogP contribution < -0.4 is 0 Å². The Bertz CT molecular complexity index is 376. The first-order valence-corrected chi connectivity index (χ1v) is 3.64. The largest absolute Gasteiger partial charge is 0.508 e. The zero-order valence-corrected chi connectivity index (χ0v) is 8.81. The highest BCUT2D eigenvalue weighted by molar-refractivity contribution is 5.85. The van der Waals surface area contributed by atoms with Crippen molar-refractivity contribution < 1.29 is 5.11 Å². The molecule has 0 saturated heterocycles. The van der Waals surface area contributed by atoms with Crippen LogP contribution in [0.3, 0.4) is 0 Å². The molecule has 1 aromatic heterocycles. The molecule has 2 N–H and O–H groups in total. The van der Waals surface area contributed by atoms with Crippen molar-refractivity contribution in [1.82, 2.24) is 10.2 Å². The minimum Gasteiger partial charge on any atom is -0.508 e. The van der Waals surface area contributed by atoms with Crippen molar-refractivity contribution in [2.45, 2.75) is 0 Å². The summed E-state index contributed by atoms with van der Waals surface area (Å²) in [5, 5.41) is 15.7. The van der Waals surface area contributed by atoms with Crippen molar-refractivity contribution >= 4 is 24.8 Å². The van der Waals surface area contributed by atoms with Crippen LogP contribution in [0.4, 0.5) is 0 Å². The third-order valence-corrected chi connectivity index (χ3v) is 1.68. The van der Waals surface area contributed by atoms with E-state index < -0.39 is 0 Å². The van der Waals surface area contributed by atoms with Crippen molar-refractivity contribution in [3.8, 4) is 16.9 Å². The second-order valence-corrected chi connectivity index (χ2v) is 2.54. The number of nitrogens with one attached hydrogen (secondary N) is 1. The third-order valence-electron chi connectivity index (χ3n) is 1.68. The van der Waals surface area contributed by atoms with Crippen LogP contribution in [-0.2, 0) is 0 Å². The van der Waals surface area contributed by atoms with Gasteiger partial charge in [0.25, 0.3) is 0 Å². The van der Waals surface area contributed by atoms with Crippen molar-refractivity contribution in [2.24, 2.45) is 0 Å². The molecule has 2 rings (SSSR count). The van der Waals surface area contributed by atoms with Crippen molar-refractivity contribution in [2.75, 3.05) is 0 Å². The summed E-state index contributed by atoms with van der Waals surface area (Å²) < 4.78 is 0. The maximum Gasteiger partial charge on any atom is 0.116 e. The van der Waals surface area contributed by atoms with E-state index in [1.54, 1.807) is 30.6 Å². The van der Waals surface area contributed by atoms with E-state index >= 15 is 0 Å². The molecule has 1 aromatic carbocycles. The van der Waals surface area contributed by atoms with Crippen LogP contribution >= 0.6 is 24.8 Å². The molecule has 0 amide bonds. The number of aromatic hydroxyl groups is 1. The highest BCUT2D eigenvalue weighted by atomic mass is 35.5. The molecular weight excluding hydrogens is 223 g/mol. The lowest BCUT2D eigenvalue weighted by Gasteiger charge is -1.96. The SMILES string of the molecule is Cl.Cl.Oc1cccc(-c2cn[nH]c2)c1. The van der Waals surface area contributed by atoms with Gasteiger partial charge in [0, 0.05) is 11.8 Å². The standard InChI is InChI=1S/C9H8N2O.2ClH/c12-9-3-1-2-7(4-9)8-5-10-11-6-8;;/h1-6,12H,(H,10,11);2*1H. The van der Waals surface area contributed by atoms with Crippen molar-refractivity contribution in [3.05, 3.63) is 36.7 Å². The number of rotatable bonds is 1. The van der Waals surface area contributed by atoms with Gasteiger partial charge in [0.05, 0.1) is 6.20 Å². The Hall–Kier alpha value is -1.19. The Labute approximate surface area is 94.0 Å². The predicted molar refractivity (Wildman–Crippen MR) is 60.2 cm³/mol. The summed E-state index contributed by atoms with van der Waals surface area (Å²) in [6, 6.07) is 7.07. The second-order valence-electron chi connectivity index (χ2n) is 2.54. The van der Waals surface area contributed by atoms with E-state index in [4.69, 9.17) is 0 Å². The van der Waals surface area contributed by atoms with E-state index in [1.165, 1.54) is 0 Å². The number of benzene rings is 1. The lowest BCUT2D eigenvalue weighted by atomic mass is 10.1. The molecule has 0 spiro atoms. The fourth-order valence-electron chi connectivity index (χ4n) is 1.09. The average molecular weight is 233 g/mol. The van der Waals surface area contributed by atoms with Gasteiger partial charge in [-0.25, -0.2) is 0 Å². The van der Waals surface area contributed by atoms with Crippen LogP contribution in [0.15, 0.2) is 36.7 Å². The Morgan fingerprint density at radius 1 is 1.14 bits per heavy atom. The normalized spacial score (nSPS) is 8.57. The quantitative estimate of drug-likeness (QED) is 0.795. The molecule has 0 fully saturated rings. The van der Waals surface area contributed by atoms with E-state index in [0.717, 1.165) is 11.1 Å². The van der Waals surface area contributed by atoms with Gasteiger partial charge >= 0.3 is 0 Å². The zero-order valence-electron chi connectivity index (χ0n) is 7.18. The number of aromatic amines is 1.